The Labute approximate surface area is 128 Å². The third-order valence-electron chi connectivity index (χ3n) is 3.11. The summed E-state index contributed by atoms with van der Waals surface area (Å²) in [5.74, 6) is 0.469. The fraction of sp³-hybridized carbons (Fsp3) is 0.615. The Morgan fingerprint density at radius 2 is 1.89 bits per heavy atom. The second-order valence-corrected chi connectivity index (χ2v) is 5.53. The largest absolute Gasteiger partial charge is 0.387 e. The van der Waals surface area contributed by atoms with Gasteiger partial charge in [0, 0.05) is 24.3 Å². The maximum atomic E-state index is 9.98. The Hall–Kier alpha value is -0.550. The molecule has 0 aliphatic rings. The van der Waals surface area contributed by atoms with Gasteiger partial charge in [-0.2, -0.15) is 0 Å². The summed E-state index contributed by atoms with van der Waals surface area (Å²) in [5, 5.41) is 13.3. The predicted octanol–water partition coefficient (Wildman–Crippen LogP) is 2.57. The van der Waals surface area contributed by atoms with Crippen LogP contribution in [-0.4, -0.2) is 22.7 Å². The quantitative estimate of drug-likeness (QED) is 0.799. The van der Waals surface area contributed by atoms with Crippen LogP contribution in [0.5, 0.6) is 0 Å². The number of pyridine rings is 1. The highest BCUT2D eigenvalue weighted by Crippen LogP contribution is 2.19. The number of aliphatic hydroxyl groups is 1. The molecule has 0 fully saturated rings. The summed E-state index contributed by atoms with van der Waals surface area (Å²) in [5.41, 5.74) is 6.46. The first kappa shape index (κ1) is 20.8. The van der Waals surface area contributed by atoms with E-state index in [1.807, 2.05) is 0 Å². The molecule has 4 N–H and O–H groups in total. The van der Waals surface area contributed by atoms with Crippen LogP contribution in [0.15, 0.2) is 18.3 Å². The summed E-state index contributed by atoms with van der Waals surface area (Å²) in [6, 6.07) is 3.83. The first-order chi connectivity index (χ1) is 7.80. The molecule has 19 heavy (non-hydrogen) atoms. The third kappa shape index (κ3) is 6.97. The van der Waals surface area contributed by atoms with Gasteiger partial charge in [-0.1, -0.05) is 26.8 Å². The molecular formula is C13H25Cl2N3O. The average Bonchev–Trinajstić information content (AvgIpc) is 2.25. The van der Waals surface area contributed by atoms with E-state index >= 15 is 0 Å². The molecule has 1 unspecified atom stereocenters. The Kier molecular flexibility index (Phi) is 9.38. The highest BCUT2D eigenvalue weighted by Gasteiger charge is 2.20. The molecule has 1 rings (SSSR count). The van der Waals surface area contributed by atoms with Gasteiger partial charge in [0.05, 0.1) is 6.10 Å². The maximum absolute atomic E-state index is 9.98. The van der Waals surface area contributed by atoms with Crippen LogP contribution in [0.25, 0.3) is 0 Å². The van der Waals surface area contributed by atoms with Crippen LogP contribution in [0.2, 0.25) is 0 Å². The number of nitrogens with two attached hydrogens (primary N) is 1. The van der Waals surface area contributed by atoms with Gasteiger partial charge >= 0.3 is 0 Å². The van der Waals surface area contributed by atoms with Gasteiger partial charge in [-0.3, -0.25) is 0 Å². The number of nitrogens with one attached hydrogen (secondary N) is 1. The van der Waals surface area contributed by atoms with Crippen LogP contribution in [0.4, 0.5) is 5.82 Å². The van der Waals surface area contributed by atoms with Crippen molar-refractivity contribution in [1.82, 2.24) is 10.3 Å². The zero-order chi connectivity index (χ0) is 13.1. The number of aliphatic hydroxyl groups excluding tert-OH is 1. The van der Waals surface area contributed by atoms with Crippen LogP contribution in [-0.2, 0) is 0 Å². The Morgan fingerprint density at radius 3 is 2.32 bits per heavy atom. The van der Waals surface area contributed by atoms with E-state index in [1.54, 1.807) is 18.3 Å². The molecule has 112 valence electrons. The van der Waals surface area contributed by atoms with Crippen LogP contribution in [0.3, 0.4) is 0 Å². The van der Waals surface area contributed by atoms with E-state index < -0.39 is 6.10 Å². The number of aromatic nitrogens is 1. The van der Waals surface area contributed by atoms with Crippen LogP contribution >= 0.6 is 24.8 Å². The zero-order valence-electron chi connectivity index (χ0n) is 11.9. The normalized spacial score (nSPS) is 13.9. The van der Waals surface area contributed by atoms with Crippen LogP contribution in [0, 0.1) is 5.41 Å². The molecule has 0 amide bonds. The van der Waals surface area contributed by atoms with E-state index in [0.29, 0.717) is 18.4 Å². The number of nitrogen functional groups attached to an aromatic ring is 1. The van der Waals surface area contributed by atoms with E-state index in [9.17, 15) is 5.11 Å². The second-order valence-electron chi connectivity index (χ2n) is 5.53. The van der Waals surface area contributed by atoms with Gasteiger partial charge in [0.25, 0.3) is 0 Å². The Bertz CT molecular complexity index is 352. The predicted molar refractivity (Wildman–Crippen MR) is 85.0 cm³/mol. The summed E-state index contributed by atoms with van der Waals surface area (Å²) in [7, 11) is 0. The minimum atomic E-state index is -0.548. The lowest BCUT2D eigenvalue weighted by Crippen LogP contribution is -2.39. The molecule has 0 saturated carbocycles. The number of nitrogens with zero attached hydrogens (tertiary/aromatic N) is 1. The van der Waals surface area contributed by atoms with Crippen molar-refractivity contribution in [2.45, 2.75) is 39.8 Å². The van der Waals surface area contributed by atoms with Gasteiger partial charge in [-0.25, -0.2) is 4.98 Å². The Balaban J connectivity index is 0. The monoisotopic (exact) mass is 309 g/mol. The van der Waals surface area contributed by atoms with Crippen LogP contribution in [0.1, 0.15) is 39.4 Å². The molecule has 0 aliphatic carbocycles. The molecule has 4 nitrogen and oxygen atoms in total. The standard InChI is InChI=1S/C13H23N3O.2ClH/c1-9(13(2,3)4)15-8-11(17)10-5-6-12(14)16-7-10;;/h5-7,9,11,15,17H,8H2,1-4H3,(H2,14,16);2*1H/t9-,11?;;/m0../s1. The fourth-order valence-electron chi connectivity index (χ4n) is 1.33. The molecule has 0 saturated heterocycles. The van der Waals surface area contributed by atoms with Crippen molar-refractivity contribution in [3.63, 3.8) is 0 Å². The molecule has 1 heterocycles. The fourth-order valence-corrected chi connectivity index (χ4v) is 1.33. The summed E-state index contributed by atoms with van der Waals surface area (Å²) >= 11 is 0. The van der Waals surface area contributed by atoms with Gasteiger partial charge < -0.3 is 16.2 Å². The van der Waals surface area contributed by atoms with Crippen molar-refractivity contribution in [1.29, 1.82) is 0 Å². The average molecular weight is 310 g/mol. The first-order valence-electron chi connectivity index (χ1n) is 5.93. The SMILES string of the molecule is C[C@H](NCC(O)c1ccc(N)nc1)C(C)(C)C.Cl.Cl. The third-order valence-corrected chi connectivity index (χ3v) is 3.11. The number of anilines is 1. The molecule has 1 aromatic heterocycles. The summed E-state index contributed by atoms with van der Waals surface area (Å²) < 4.78 is 0. The lowest BCUT2D eigenvalue weighted by molar-refractivity contribution is 0.157. The molecule has 0 radical (unpaired) electrons. The highest BCUT2D eigenvalue weighted by atomic mass is 35.5. The van der Waals surface area contributed by atoms with Crippen molar-refractivity contribution >= 4 is 30.6 Å². The lowest BCUT2D eigenvalue weighted by atomic mass is 9.88. The molecule has 0 aromatic carbocycles. The summed E-state index contributed by atoms with van der Waals surface area (Å²) in [6.45, 7) is 9.14. The zero-order valence-corrected chi connectivity index (χ0v) is 13.5. The van der Waals surface area contributed by atoms with Gasteiger partial charge in [0.15, 0.2) is 0 Å². The molecule has 0 spiro atoms. The van der Waals surface area contributed by atoms with Crippen molar-refractivity contribution in [3.05, 3.63) is 23.9 Å². The molecule has 0 aliphatic heterocycles. The topological polar surface area (TPSA) is 71.2 Å². The van der Waals surface area contributed by atoms with Crippen LogP contribution < -0.4 is 11.1 Å². The maximum Gasteiger partial charge on any atom is 0.123 e. The molecular weight excluding hydrogens is 285 g/mol. The van der Waals surface area contributed by atoms with E-state index in [4.69, 9.17) is 5.73 Å². The molecule has 1 aromatic rings. The Morgan fingerprint density at radius 1 is 1.32 bits per heavy atom. The molecule has 6 heteroatoms. The molecule has 0 bridgehead atoms. The van der Waals surface area contributed by atoms with Crippen molar-refractivity contribution in [2.75, 3.05) is 12.3 Å². The minimum Gasteiger partial charge on any atom is -0.387 e. The van der Waals surface area contributed by atoms with Gasteiger partial charge in [0.1, 0.15) is 5.82 Å². The highest BCUT2D eigenvalue weighted by molar-refractivity contribution is 5.85. The van der Waals surface area contributed by atoms with E-state index in [1.165, 1.54) is 0 Å². The summed E-state index contributed by atoms with van der Waals surface area (Å²) in [4.78, 5) is 3.97. The number of hydrogen-bond donors (Lipinski definition) is 3. The van der Waals surface area contributed by atoms with Gasteiger partial charge in [-0.15, -0.1) is 24.8 Å². The number of hydrogen-bond acceptors (Lipinski definition) is 4. The summed E-state index contributed by atoms with van der Waals surface area (Å²) in [6.07, 6.45) is 1.07. The number of halogens is 2. The first-order valence-corrected chi connectivity index (χ1v) is 5.93. The second kappa shape index (κ2) is 8.59. The van der Waals surface area contributed by atoms with E-state index in [2.05, 4.69) is 38.0 Å². The smallest absolute Gasteiger partial charge is 0.123 e. The lowest BCUT2D eigenvalue weighted by Gasteiger charge is -2.29. The van der Waals surface area contributed by atoms with E-state index in [0.717, 1.165) is 5.56 Å². The van der Waals surface area contributed by atoms with Crippen molar-refractivity contribution in [2.24, 2.45) is 5.41 Å². The van der Waals surface area contributed by atoms with Gasteiger partial charge in [-0.05, 0) is 18.4 Å². The van der Waals surface area contributed by atoms with Crippen molar-refractivity contribution < 1.29 is 5.11 Å². The minimum absolute atomic E-state index is 0. The van der Waals surface area contributed by atoms with E-state index in [-0.39, 0.29) is 30.2 Å². The molecule has 2 atom stereocenters. The van der Waals surface area contributed by atoms with Crippen molar-refractivity contribution in [3.8, 4) is 0 Å². The number of rotatable bonds is 4. The van der Waals surface area contributed by atoms with Gasteiger partial charge in [0.2, 0.25) is 0 Å².